The molecule has 0 bridgehead atoms. The Morgan fingerprint density at radius 2 is 0.877 bits per heavy atom. The lowest BCUT2D eigenvalue weighted by atomic mass is 10.0. The molecule has 0 saturated carbocycles. The van der Waals surface area contributed by atoms with E-state index in [2.05, 4.69) is 111 Å². The van der Waals surface area contributed by atoms with E-state index in [1.807, 2.05) is 0 Å². The van der Waals surface area contributed by atoms with E-state index in [0.29, 0.717) is 25.7 Å². The van der Waals surface area contributed by atoms with Gasteiger partial charge in [-0.05, 0) is 89.9 Å². The molecule has 0 fully saturated rings. The Hall–Kier alpha value is -2.96. The number of carbonyl (C=O) groups excluding carboxylic acids is 2. The van der Waals surface area contributed by atoms with Crippen molar-refractivity contribution in [2.24, 2.45) is 0 Å². The van der Waals surface area contributed by atoms with Gasteiger partial charge < -0.3 is 20.3 Å². The second-order valence-electron chi connectivity index (χ2n) is 18.3. The molecule has 0 aromatic carbocycles. The first-order chi connectivity index (χ1) is 32.0. The van der Waals surface area contributed by atoms with E-state index in [1.165, 1.54) is 103 Å². The van der Waals surface area contributed by atoms with Gasteiger partial charge in [-0.3, -0.25) is 9.59 Å². The zero-order valence-electron chi connectivity index (χ0n) is 42.6. The molecule has 0 aliphatic carbocycles. The minimum atomic E-state index is -0.807. The Morgan fingerprint density at radius 3 is 1.37 bits per heavy atom. The molecule has 0 heterocycles. The summed E-state index contributed by atoms with van der Waals surface area (Å²) >= 11 is 0. The molecule has 0 aromatic heterocycles. The maximum Gasteiger partial charge on any atom is 0.306 e. The predicted octanol–water partition coefficient (Wildman–Crippen LogP) is 16.7. The van der Waals surface area contributed by atoms with Crippen LogP contribution in [-0.2, 0) is 14.3 Å². The number of ether oxygens (including phenoxy) is 1. The van der Waals surface area contributed by atoms with Crippen molar-refractivity contribution in [2.45, 2.75) is 270 Å². The molecule has 65 heavy (non-hydrogen) atoms. The van der Waals surface area contributed by atoms with Crippen molar-refractivity contribution >= 4 is 11.9 Å². The molecule has 6 nitrogen and oxygen atoms in total. The van der Waals surface area contributed by atoms with Gasteiger partial charge in [0.05, 0.1) is 25.2 Å². The van der Waals surface area contributed by atoms with E-state index in [4.69, 9.17) is 4.74 Å². The minimum absolute atomic E-state index is 0.0378. The number of hydrogen-bond acceptors (Lipinski definition) is 5. The fourth-order valence-corrected chi connectivity index (χ4v) is 7.87. The summed E-state index contributed by atoms with van der Waals surface area (Å²) in [5.74, 6) is -0.565. The summed E-state index contributed by atoms with van der Waals surface area (Å²) in [6, 6.07) is -0.724. The van der Waals surface area contributed by atoms with E-state index in [1.54, 1.807) is 0 Å². The third kappa shape index (κ3) is 47.3. The summed E-state index contributed by atoms with van der Waals surface area (Å²) in [5, 5.41) is 23.8. The molecule has 0 aliphatic rings. The SMILES string of the molecule is CC/C=C\C/C=C\C/C=C\C/C=C\C/C=C\CCCC(=O)OC(CCCCCC/C=C/C=C/CCCCC)CC(=O)NC(CO)C(O)CCCCCCCCCCCCCCCCCC. The van der Waals surface area contributed by atoms with Crippen molar-refractivity contribution in [1.82, 2.24) is 5.32 Å². The Balaban J connectivity index is 4.65. The molecule has 0 radical (unpaired) electrons. The second kappa shape index (κ2) is 52.0. The minimum Gasteiger partial charge on any atom is -0.462 e. The summed E-state index contributed by atoms with van der Waals surface area (Å²) in [6.45, 7) is 6.33. The molecule has 3 unspecified atom stereocenters. The Labute approximate surface area is 402 Å². The van der Waals surface area contributed by atoms with Gasteiger partial charge in [-0.25, -0.2) is 0 Å². The summed E-state index contributed by atoms with van der Waals surface area (Å²) < 4.78 is 5.90. The molecule has 374 valence electrons. The highest BCUT2D eigenvalue weighted by Crippen LogP contribution is 2.17. The highest BCUT2D eigenvalue weighted by molar-refractivity contribution is 5.77. The second-order valence-corrected chi connectivity index (χ2v) is 18.3. The Bertz CT molecular complexity index is 1250. The van der Waals surface area contributed by atoms with Crippen LogP contribution in [0, 0.1) is 0 Å². The van der Waals surface area contributed by atoms with Crippen molar-refractivity contribution in [3.63, 3.8) is 0 Å². The van der Waals surface area contributed by atoms with Gasteiger partial charge in [-0.1, -0.05) is 234 Å². The topological polar surface area (TPSA) is 95.9 Å². The highest BCUT2D eigenvalue weighted by Gasteiger charge is 2.24. The van der Waals surface area contributed by atoms with Crippen LogP contribution in [0.2, 0.25) is 0 Å². The first-order valence-electron chi connectivity index (χ1n) is 27.3. The predicted molar refractivity (Wildman–Crippen MR) is 282 cm³/mol. The van der Waals surface area contributed by atoms with Crippen LogP contribution in [0.5, 0.6) is 0 Å². The number of rotatable bonds is 48. The molecular weight excluding hydrogens is 803 g/mol. The molecule has 6 heteroatoms. The van der Waals surface area contributed by atoms with Crippen LogP contribution in [0.3, 0.4) is 0 Å². The number of esters is 1. The van der Waals surface area contributed by atoms with Gasteiger partial charge in [0.1, 0.15) is 6.10 Å². The van der Waals surface area contributed by atoms with Crippen LogP contribution in [0.4, 0.5) is 0 Å². The number of hydrogen-bond donors (Lipinski definition) is 3. The average molecular weight is 906 g/mol. The molecule has 0 aromatic rings. The fourth-order valence-electron chi connectivity index (χ4n) is 7.87. The van der Waals surface area contributed by atoms with Crippen molar-refractivity contribution in [3.05, 3.63) is 85.1 Å². The standard InChI is InChI=1S/C59H103NO5/c1-4-7-10-13-16-19-22-25-27-29-31-34-37-40-43-46-49-52-59(64)65-55(50-47-44-41-38-35-32-24-21-18-15-12-9-6-3)53-58(63)60-56(54-61)57(62)51-48-45-42-39-36-33-30-28-26-23-20-17-14-11-8-5-2/h7,10,16,18-19,21,24-25,27,31-32,34,40,43,55-57,61-62H,4-6,8-9,11-15,17,20,22-23,26,28-30,33,35-39,41-42,44-54H2,1-3H3,(H,60,63)/b10-7-,19-16-,21-18+,27-25-,32-24+,34-31-,43-40-. The average Bonchev–Trinajstić information content (AvgIpc) is 3.30. The van der Waals surface area contributed by atoms with Crippen molar-refractivity contribution in [3.8, 4) is 0 Å². The maximum absolute atomic E-state index is 13.2. The Morgan fingerprint density at radius 1 is 0.477 bits per heavy atom. The van der Waals surface area contributed by atoms with E-state index in [-0.39, 0.29) is 24.9 Å². The van der Waals surface area contributed by atoms with Gasteiger partial charge in [0, 0.05) is 6.42 Å². The van der Waals surface area contributed by atoms with E-state index in [0.717, 1.165) is 96.3 Å². The zero-order valence-corrected chi connectivity index (χ0v) is 42.6. The van der Waals surface area contributed by atoms with E-state index >= 15 is 0 Å². The van der Waals surface area contributed by atoms with Gasteiger partial charge in [0.2, 0.25) is 5.91 Å². The number of aliphatic hydroxyl groups is 2. The lowest BCUT2D eigenvalue weighted by molar-refractivity contribution is -0.151. The normalized spacial score (nSPS) is 13.9. The van der Waals surface area contributed by atoms with Crippen LogP contribution in [0.15, 0.2) is 85.1 Å². The molecule has 0 saturated heterocycles. The number of unbranched alkanes of at least 4 members (excludes halogenated alkanes) is 23. The van der Waals surface area contributed by atoms with Gasteiger partial charge in [-0.2, -0.15) is 0 Å². The number of carbonyl (C=O) groups is 2. The smallest absolute Gasteiger partial charge is 0.306 e. The number of allylic oxidation sites excluding steroid dienone is 14. The molecule has 0 spiro atoms. The largest absolute Gasteiger partial charge is 0.462 e. The third-order valence-electron chi connectivity index (χ3n) is 12.0. The van der Waals surface area contributed by atoms with Gasteiger partial charge >= 0.3 is 5.97 Å². The molecule has 3 atom stereocenters. The van der Waals surface area contributed by atoms with E-state index in [9.17, 15) is 19.8 Å². The first kappa shape index (κ1) is 62.0. The van der Waals surface area contributed by atoms with Crippen LogP contribution in [0.25, 0.3) is 0 Å². The lowest BCUT2D eigenvalue weighted by Gasteiger charge is -2.24. The van der Waals surface area contributed by atoms with Crippen molar-refractivity contribution in [2.75, 3.05) is 6.61 Å². The molecule has 0 aliphatic heterocycles. The summed E-state index contributed by atoms with van der Waals surface area (Å²) in [4.78, 5) is 26.2. The number of nitrogens with one attached hydrogen (secondary N) is 1. The monoisotopic (exact) mass is 906 g/mol. The van der Waals surface area contributed by atoms with Crippen LogP contribution >= 0.6 is 0 Å². The van der Waals surface area contributed by atoms with Gasteiger partial charge in [0.15, 0.2) is 0 Å². The van der Waals surface area contributed by atoms with Crippen LogP contribution < -0.4 is 5.32 Å². The van der Waals surface area contributed by atoms with Crippen LogP contribution in [-0.4, -0.2) is 46.9 Å². The number of amides is 1. The fraction of sp³-hybridized carbons (Fsp3) is 0.729. The van der Waals surface area contributed by atoms with Crippen molar-refractivity contribution < 1.29 is 24.5 Å². The molecule has 1 amide bonds. The summed E-state index contributed by atoms with van der Waals surface area (Å²) in [7, 11) is 0. The maximum atomic E-state index is 13.2. The molecule has 3 N–H and O–H groups in total. The first-order valence-corrected chi connectivity index (χ1v) is 27.3. The number of aliphatic hydroxyl groups excluding tert-OH is 2. The Kier molecular flexibility index (Phi) is 49.6. The molecule has 0 rings (SSSR count). The lowest BCUT2D eigenvalue weighted by Crippen LogP contribution is -2.46. The summed E-state index contributed by atoms with van der Waals surface area (Å²) in [5.41, 5.74) is 0. The zero-order chi connectivity index (χ0) is 47.4. The molecular formula is C59H103NO5. The highest BCUT2D eigenvalue weighted by atomic mass is 16.5. The van der Waals surface area contributed by atoms with Gasteiger partial charge in [0.25, 0.3) is 0 Å². The van der Waals surface area contributed by atoms with Gasteiger partial charge in [-0.15, -0.1) is 0 Å². The van der Waals surface area contributed by atoms with Crippen LogP contribution in [0.1, 0.15) is 252 Å². The van der Waals surface area contributed by atoms with Crippen molar-refractivity contribution in [1.29, 1.82) is 0 Å². The summed E-state index contributed by atoms with van der Waals surface area (Å²) in [6.07, 6.45) is 67.9. The quantitative estimate of drug-likeness (QED) is 0.0245. The third-order valence-corrected chi connectivity index (χ3v) is 12.0. The van der Waals surface area contributed by atoms with E-state index < -0.39 is 18.2 Å².